The Morgan fingerprint density at radius 2 is 1.94 bits per heavy atom. The minimum absolute atomic E-state index is 0.668. The van der Waals surface area contributed by atoms with Gasteiger partial charge < -0.3 is 0 Å². The van der Waals surface area contributed by atoms with Crippen molar-refractivity contribution in [2.75, 3.05) is 0 Å². The van der Waals surface area contributed by atoms with E-state index in [4.69, 9.17) is 11.6 Å². The van der Waals surface area contributed by atoms with Crippen molar-refractivity contribution in [2.24, 2.45) is 0 Å². The summed E-state index contributed by atoms with van der Waals surface area (Å²) in [4.78, 5) is 12.9. The van der Waals surface area contributed by atoms with E-state index in [-0.39, 0.29) is 0 Å². The van der Waals surface area contributed by atoms with Gasteiger partial charge in [0.05, 0.1) is 22.9 Å². The number of hydrogen-bond donors (Lipinski definition) is 0. The molecule has 0 atom stereocenters. The fraction of sp³-hybridized carbons (Fsp3) is 0. The first-order valence-electron chi connectivity index (χ1n) is 5.16. The SMILES string of the molecule is Clc1ccc2nc(-c3cccnc3)cnc2c1. The number of aromatic nitrogens is 3. The highest BCUT2D eigenvalue weighted by Gasteiger charge is 2.02. The molecule has 2 aromatic heterocycles. The molecule has 3 rings (SSSR count). The lowest BCUT2D eigenvalue weighted by atomic mass is 10.2. The summed E-state index contributed by atoms with van der Waals surface area (Å²) in [6, 6.07) is 9.31. The molecule has 0 spiro atoms. The molecule has 0 saturated carbocycles. The Morgan fingerprint density at radius 3 is 2.76 bits per heavy atom. The van der Waals surface area contributed by atoms with Crippen molar-refractivity contribution in [3.05, 3.63) is 53.9 Å². The van der Waals surface area contributed by atoms with E-state index in [9.17, 15) is 0 Å². The van der Waals surface area contributed by atoms with Crippen molar-refractivity contribution >= 4 is 22.6 Å². The van der Waals surface area contributed by atoms with E-state index < -0.39 is 0 Å². The third-order valence-electron chi connectivity index (χ3n) is 2.46. The van der Waals surface area contributed by atoms with Crippen molar-refractivity contribution < 1.29 is 0 Å². The van der Waals surface area contributed by atoms with E-state index in [2.05, 4.69) is 15.0 Å². The van der Waals surface area contributed by atoms with Crippen LogP contribution in [0.4, 0.5) is 0 Å². The van der Waals surface area contributed by atoms with Crippen molar-refractivity contribution in [3.63, 3.8) is 0 Å². The quantitative estimate of drug-likeness (QED) is 0.656. The molecule has 3 aromatic rings. The summed E-state index contributed by atoms with van der Waals surface area (Å²) in [7, 11) is 0. The van der Waals surface area contributed by atoms with Crippen LogP contribution in [0.5, 0.6) is 0 Å². The van der Waals surface area contributed by atoms with Crippen LogP contribution < -0.4 is 0 Å². The maximum absolute atomic E-state index is 5.90. The number of pyridine rings is 1. The van der Waals surface area contributed by atoms with Gasteiger partial charge in [-0.05, 0) is 30.3 Å². The summed E-state index contributed by atoms with van der Waals surface area (Å²) >= 11 is 5.90. The zero-order valence-electron chi connectivity index (χ0n) is 8.84. The van der Waals surface area contributed by atoms with Gasteiger partial charge in [-0.15, -0.1) is 0 Å². The molecule has 0 aliphatic rings. The number of rotatable bonds is 1. The van der Waals surface area contributed by atoms with Gasteiger partial charge in [-0.25, -0.2) is 4.98 Å². The summed E-state index contributed by atoms with van der Waals surface area (Å²) in [5.41, 5.74) is 3.39. The van der Waals surface area contributed by atoms with E-state index in [0.29, 0.717) is 5.02 Å². The molecule has 2 heterocycles. The van der Waals surface area contributed by atoms with E-state index in [0.717, 1.165) is 22.3 Å². The normalized spacial score (nSPS) is 10.6. The second-order valence-electron chi connectivity index (χ2n) is 3.63. The number of hydrogen-bond acceptors (Lipinski definition) is 3. The number of halogens is 1. The number of nitrogens with zero attached hydrogens (tertiary/aromatic N) is 3. The van der Waals surface area contributed by atoms with Crippen LogP contribution in [0, 0.1) is 0 Å². The third kappa shape index (κ3) is 1.97. The summed E-state index contributed by atoms with van der Waals surface area (Å²) in [5, 5.41) is 0.668. The molecule has 0 aliphatic carbocycles. The van der Waals surface area contributed by atoms with Crippen LogP contribution in [0.1, 0.15) is 0 Å². The van der Waals surface area contributed by atoms with Gasteiger partial charge in [0.25, 0.3) is 0 Å². The number of benzene rings is 1. The Hall–Kier alpha value is -2.00. The molecule has 1 aromatic carbocycles. The molecule has 0 fully saturated rings. The van der Waals surface area contributed by atoms with Crippen LogP contribution >= 0.6 is 11.6 Å². The molecular formula is C13H8ClN3. The van der Waals surface area contributed by atoms with Gasteiger partial charge in [0.15, 0.2) is 0 Å². The van der Waals surface area contributed by atoms with Crippen LogP contribution in [-0.4, -0.2) is 15.0 Å². The summed E-state index contributed by atoms with van der Waals surface area (Å²) < 4.78 is 0. The molecule has 0 amide bonds. The van der Waals surface area contributed by atoms with Crippen molar-refractivity contribution in [3.8, 4) is 11.3 Å². The lowest BCUT2D eigenvalue weighted by molar-refractivity contribution is 1.26. The predicted octanol–water partition coefficient (Wildman–Crippen LogP) is 3.35. The van der Waals surface area contributed by atoms with Gasteiger partial charge in [0, 0.05) is 23.0 Å². The highest BCUT2D eigenvalue weighted by molar-refractivity contribution is 6.31. The molecule has 0 radical (unpaired) electrons. The van der Waals surface area contributed by atoms with Crippen molar-refractivity contribution in [1.82, 2.24) is 15.0 Å². The minimum atomic E-state index is 0.668. The lowest BCUT2D eigenvalue weighted by Gasteiger charge is -2.02. The van der Waals surface area contributed by atoms with Gasteiger partial charge in [-0.1, -0.05) is 11.6 Å². The van der Waals surface area contributed by atoms with E-state index >= 15 is 0 Å². The first-order valence-corrected chi connectivity index (χ1v) is 5.53. The van der Waals surface area contributed by atoms with Crippen LogP contribution in [-0.2, 0) is 0 Å². The molecule has 82 valence electrons. The summed E-state index contributed by atoms with van der Waals surface area (Å²) in [5.74, 6) is 0. The van der Waals surface area contributed by atoms with Gasteiger partial charge in [-0.2, -0.15) is 0 Å². The zero-order chi connectivity index (χ0) is 11.7. The third-order valence-corrected chi connectivity index (χ3v) is 2.70. The molecule has 0 aliphatic heterocycles. The zero-order valence-corrected chi connectivity index (χ0v) is 9.59. The van der Waals surface area contributed by atoms with E-state index in [1.807, 2.05) is 24.3 Å². The summed E-state index contributed by atoms with van der Waals surface area (Å²) in [6.45, 7) is 0. The molecule has 4 heteroatoms. The molecule has 0 unspecified atom stereocenters. The monoisotopic (exact) mass is 241 g/mol. The molecule has 0 N–H and O–H groups in total. The maximum Gasteiger partial charge on any atom is 0.0908 e. The minimum Gasteiger partial charge on any atom is -0.264 e. The van der Waals surface area contributed by atoms with Crippen molar-refractivity contribution in [2.45, 2.75) is 0 Å². The topological polar surface area (TPSA) is 38.7 Å². The molecule has 17 heavy (non-hydrogen) atoms. The second kappa shape index (κ2) is 4.11. The van der Waals surface area contributed by atoms with E-state index in [1.165, 1.54) is 0 Å². The first kappa shape index (κ1) is 10.2. The average molecular weight is 242 g/mol. The van der Waals surface area contributed by atoms with Crippen LogP contribution in [0.15, 0.2) is 48.9 Å². The summed E-state index contributed by atoms with van der Waals surface area (Å²) in [6.07, 6.45) is 5.24. The smallest absolute Gasteiger partial charge is 0.0908 e. The fourth-order valence-corrected chi connectivity index (χ4v) is 1.80. The number of fused-ring (bicyclic) bond motifs is 1. The van der Waals surface area contributed by atoms with Gasteiger partial charge >= 0.3 is 0 Å². The van der Waals surface area contributed by atoms with Gasteiger partial charge in [0.1, 0.15) is 0 Å². The Labute approximate surface area is 103 Å². The standard InChI is InChI=1S/C13H8ClN3/c14-10-3-4-11-12(6-10)16-8-13(17-11)9-2-1-5-15-7-9/h1-8H. The molecule has 0 bridgehead atoms. The largest absolute Gasteiger partial charge is 0.264 e. The highest BCUT2D eigenvalue weighted by atomic mass is 35.5. The second-order valence-corrected chi connectivity index (χ2v) is 4.07. The highest BCUT2D eigenvalue weighted by Crippen LogP contribution is 2.20. The Bertz CT molecular complexity index is 668. The van der Waals surface area contributed by atoms with Crippen LogP contribution in [0.25, 0.3) is 22.3 Å². The van der Waals surface area contributed by atoms with Crippen LogP contribution in [0.3, 0.4) is 0 Å². The van der Waals surface area contributed by atoms with Crippen LogP contribution in [0.2, 0.25) is 5.02 Å². The average Bonchev–Trinajstić information content (AvgIpc) is 2.39. The van der Waals surface area contributed by atoms with Gasteiger partial charge in [0.2, 0.25) is 0 Å². The lowest BCUT2D eigenvalue weighted by Crippen LogP contribution is -1.88. The van der Waals surface area contributed by atoms with Gasteiger partial charge in [-0.3, -0.25) is 9.97 Å². The molecular weight excluding hydrogens is 234 g/mol. The predicted molar refractivity (Wildman–Crippen MR) is 67.8 cm³/mol. The van der Waals surface area contributed by atoms with E-state index in [1.54, 1.807) is 24.7 Å². The maximum atomic E-state index is 5.90. The fourth-order valence-electron chi connectivity index (χ4n) is 1.64. The first-order chi connectivity index (χ1) is 8.33. The Morgan fingerprint density at radius 1 is 1.00 bits per heavy atom. The Balaban J connectivity index is 2.17. The molecule has 0 saturated heterocycles. The van der Waals surface area contributed by atoms with Crippen molar-refractivity contribution in [1.29, 1.82) is 0 Å². The Kier molecular flexibility index (Phi) is 2.46. The molecule has 3 nitrogen and oxygen atoms in total.